The van der Waals surface area contributed by atoms with Gasteiger partial charge in [0.2, 0.25) is 0 Å². The Bertz CT molecular complexity index is 1120. The number of amides is 1. The third-order valence-electron chi connectivity index (χ3n) is 5.82. The lowest BCUT2D eigenvalue weighted by molar-refractivity contribution is 0.101. The monoisotopic (exact) mass is 434 g/mol. The van der Waals surface area contributed by atoms with E-state index in [4.69, 9.17) is 4.78 Å². The van der Waals surface area contributed by atoms with E-state index >= 15 is 0 Å². The molecule has 1 aliphatic carbocycles. The Morgan fingerprint density at radius 2 is 1.97 bits per heavy atom. The number of anilines is 1. The molecular formula is C21H24F2N4O2S. The van der Waals surface area contributed by atoms with E-state index in [1.54, 1.807) is 13.1 Å². The van der Waals surface area contributed by atoms with Gasteiger partial charge in [0.1, 0.15) is 15.6 Å². The van der Waals surface area contributed by atoms with E-state index in [2.05, 4.69) is 10.0 Å². The molecule has 3 N–H and O–H groups in total. The van der Waals surface area contributed by atoms with Gasteiger partial charge in [0.15, 0.2) is 11.6 Å². The molecule has 1 saturated carbocycles. The molecule has 30 heavy (non-hydrogen) atoms. The van der Waals surface area contributed by atoms with Gasteiger partial charge in [-0.25, -0.2) is 22.5 Å². The standard InChI is InChI=1S/C21H24F2N4O2S/c1-27-12-19-15(20(27)21(28)25-14-7-9-16(22)17(23)11-14)8-10-18(26-30(19,24)29)13-5-3-2-4-6-13/h7-13,18H,2-6H2,1H3,(H,25,28)(H2,24,26,29). The van der Waals surface area contributed by atoms with Crippen LogP contribution in [0.3, 0.4) is 0 Å². The van der Waals surface area contributed by atoms with Gasteiger partial charge in [-0.1, -0.05) is 31.4 Å². The Hall–Kier alpha value is -2.52. The fourth-order valence-corrected chi connectivity index (χ4v) is 5.86. The first-order valence-electron chi connectivity index (χ1n) is 9.96. The molecule has 1 aromatic carbocycles. The molecule has 2 aliphatic rings. The number of hydrogen-bond acceptors (Lipinski definition) is 3. The zero-order valence-corrected chi connectivity index (χ0v) is 17.4. The third-order valence-corrected chi connectivity index (χ3v) is 7.37. The van der Waals surface area contributed by atoms with Crippen LogP contribution in [0.1, 0.15) is 48.2 Å². The highest BCUT2D eigenvalue weighted by Gasteiger charge is 2.31. The van der Waals surface area contributed by atoms with E-state index < -0.39 is 27.5 Å². The van der Waals surface area contributed by atoms with Crippen molar-refractivity contribution >= 4 is 27.6 Å². The molecule has 0 spiro atoms. The number of hydrogen-bond donors (Lipinski definition) is 3. The Morgan fingerprint density at radius 1 is 1.23 bits per heavy atom. The number of nitrogens with one attached hydrogen (secondary N) is 3. The van der Waals surface area contributed by atoms with E-state index in [-0.39, 0.29) is 22.3 Å². The number of benzene rings is 1. The van der Waals surface area contributed by atoms with Gasteiger partial charge in [-0.05, 0) is 30.9 Å². The minimum atomic E-state index is -3.32. The van der Waals surface area contributed by atoms with Gasteiger partial charge < -0.3 is 9.88 Å². The van der Waals surface area contributed by atoms with Gasteiger partial charge in [0, 0.05) is 36.6 Å². The van der Waals surface area contributed by atoms with Crippen molar-refractivity contribution in [2.75, 3.05) is 5.32 Å². The first-order chi connectivity index (χ1) is 14.3. The van der Waals surface area contributed by atoms with Gasteiger partial charge in [-0.15, -0.1) is 0 Å². The topological polar surface area (TPSA) is 87.0 Å². The van der Waals surface area contributed by atoms with Crippen LogP contribution in [0.2, 0.25) is 0 Å². The number of halogens is 2. The molecule has 160 valence electrons. The number of aromatic nitrogens is 1. The zero-order valence-electron chi connectivity index (χ0n) is 16.6. The number of aryl methyl sites for hydroxylation is 1. The lowest BCUT2D eigenvalue weighted by Gasteiger charge is -2.28. The van der Waals surface area contributed by atoms with E-state index in [1.807, 2.05) is 6.08 Å². The summed E-state index contributed by atoms with van der Waals surface area (Å²) in [4.78, 5) is 13.2. The molecule has 1 aliphatic heterocycles. The van der Waals surface area contributed by atoms with Crippen molar-refractivity contribution in [1.29, 1.82) is 4.78 Å². The van der Waals surface area contributed by atoms with Crippen LogP contribution in [0.5, 0.6) is 0 Å². The van der Waals surface area contributed by atoms with Gasteiger partial charge in [-0.3, -0.25) is 4.79 Å². The lowest BCUT2D eigenvalue weighted by atomic mass is 9.84. The van der Waals surface area contributed by atoms with Crippen molar-refractivity contribution in [2.45, 2.75) is 43.0 Å². The molecule has 1 amide bonds. The summed E-state index contributed by atoms with van der Waals surface area (Å²) in [5.41, 5.74) is 0.719. The highest BCUT2D eigenvalue weighted by molar-refractivity contribution is 7.90. The smallest absolute Gasteiger partial charge is 0.272 e. The van der Waals surface area contributed by atoms with Crippen LogP contribution in [0.4, 0.5) is 14.5 Å². The fraction of sp³-hybridized carbons (Fsp3) is 0.381. The minimum Gasteiger partial charge on any atom is -0.345 e. The Morgan fingerprint density at radius 3 is 2.67 bits per heavy atom. The summed E-state index contributed by atoms with van der Waals surface area (Å²) in [7, 11) is -1.70. The molecule has 4 rings (SSSR count). The molecule has 1 fully saturated rings. The maximum absolute atomic E-state index is 13.5. The summed E-state index contributed by atoms with van der Waals surface area (Å²) in [6.07, 6.45) is 10.6. The average Bonchev–Trinajstić information content (AvgIpc) is 2.99. The van der Waals surface area contributed by atoms with Gasteiger partial charge >= 0.3 is 0 Å². The maximum Gasteiger partial charge on any atom is 0.272 e. The second-order valence-electron chi connectivity index (χ2n) is 7.91. The van der Waals surface area contributed by atoms with Gasteiger partial charge in [0.05, 0.1) is 4.90 Å². The quantitative estimate of drug-likeness (QED) is 0.667. The van der Waals surface area contributed by atoms with Crippen molar-refractivity contribution in [2.24, 2.45) is 13.0 Å². The largest absolute Gasteiger partial charge is 0.345 e. The number of fused-ring (bicyclic) bond motifs is 1. The van der Waals surface area contributed by atoms with Crippen LogP contribution in [-0.2, 0) is 17.0 Å². The highest BCUT2D eigenvalue weighted by atomic mass is 32.2. The second-order valence-corrected chi connectivity index (χ2v) is 9.69. The molecule has 2 atom stereocenters. The van der Waals surface area contributed by atoms with E-state index in [0.717, 1.165) is 37.8 Å². The number of rotatable bonds is 3. The van der Waals surface area contributed by atoms with Crippen LogP contribution in [-0.4, -0.2) is 20.7 Å². The molecular weight excluding hydrogens is 410 g/mol. The predicted octanol–water partition coefficient (Wildman–Crippen LogP) is 4.44. The van der Waals surface area contributed by atoms with Crippen molar-refractivity contribution < 1.29 is 17.8 Å². The van der Waals surface area contributed by atoms with Crippen molar-refractivity contribution in [3.63, 3.8) is 0 Å². The second kappa shape index (κ2) is 7.96. The number of carbonyl (C=O) groups is 1. The number of nitrogens with zero attached hydrogens (tertiary/aromatic N) is 1. The van der Waals surface area contributed by atoms with E-state index in [1.165, 1.54) is 23.3 Å². The average molecular weight is 435 g/mol. The summed E-state index contributed by atoms with van der Waals surface area (Å²) in [5, 5.41) is 2.55. The Kier molecular flexibility index (Phi) is 5.50. The summed E-state index contributed by atoms with van der Waals surface area (Å²) in [6, 6.07) is 2.90. The normalized spacial score (nSPS) is 24.3. The van der Waals surface area contributed by atoms with Crippen LogP contribution in [0, 0.1) is 22.3 Å². The van der Waals surface area contributed by atoms with E-state index in [9.17, 15) is 17.8 Å². The minimum absolute atomic E-state index is 0.108. The summed E-state index contributed by atoms with van der Waals surface area (Å²) in [6.45, 7) is 0. The first kappa shape index (κ1) is 20.7. The molecule has 2 heterocycles. The number of carbonyl (C=O) groups excluding carboxylic acids is 1. The van der Waals surface area contributed by atoms with Gasteiger partial charge in [0.25, 0.3) is 5.91 Å². The summed E-state index contributed by atoms with van der Waals surface area (Å²) >= 11 is 0. The molecule has 0 bridgehead atoms. The Labute approximate surface area is 174 Å². The SMILES string of the molecule is Cn1cc2c(c1C(=O)Nc1ccc(F)c(F)c1)C=CC(C1CCCCC1)NS2(=N)=O. The molecule has 2 aromatic rings. The summed E-state index contributed by atoms with van der Waals surface area (Å²) < 4.78 is 52.8. The first-order valence-corrected chi connectivity index (χ1v) is 11.5. The van der Waals surface area contributed by atoms with Crippen molar-refractivity contribution in [1.82, 2.24) is 9.29 Å². The predicted molar refractivity (Wildman–Crippen MR) is 111 cm³/mol. The highest BCUT2D eigenvalue weighted by Crippen LogP contribution is 2.33. The lowest BCUT2D eigenvalue weighted by Crippen LogP contribution is -2.38. The molecule has 9 heteroatoms. The van der Waals surface area contributed by atoms with Crippen LogP contribution in [0.25, 0.3) is 6.08 Å². The van der Waals surface area contributed by atoms with Crippen molar-refractivity contribution in [3.8, 4) is 0 Å². The molecule has 6 nitrogen and oxygen atoms in total. The van der Waals surface area contributed by atoms with Crippen molar-refractivity contribution in [3.05, 3.63) is 53.4 Å². The molecule has 2 unspecified atom stereocenters. The van der Waals surface area contributed by atoms with Crippen LogP contribution < -0.4 is 10.0 Å². The Balaban J connectivity index is 1.68. The van der Waals surface area contributed by atoms with Gasteiger partial charge in [-0.2, -0.15) is 0 Å². The molecule has 0 radical (unpaired) electrons. The molecule has 1 aromatic heterocycles. The summed E-state index contributed by atoms with van der Waals surface area (Å²) in [5.74, 6) is -2.32. The van der Waals surface area contributed by atoms with E-state index in [0.29, 0.717) is 11.5 Å². The van der Waals surface area contributed by atoms with Crippen LogP contribution >= 0.6 is 0 Å². The fourth-order valence-electron chi connectivity index (χ4n) is 4.29. The third kappa shape index (κ3) is 3.91. The zero-order chi connectivity index (χ0) is 21.5. The maximum atomic E-state index is 13.5. The molecule has 0 saturated heterocycles. The van der Waals surface area contributed by atoms with Crippen LogP contribution in [0.15, 0.2) is 35.4 Å².